The summed E-state index contributed by atoms with van der Waals surface area (Å²) >= 11 is 0. The van der Waals surface area contributed by atoms with Crippen molar-refractivity contribution < 1.29 is 13.9 Å². The van der Waals surface area contributed by atoms with Crippen molar-refractivity contribution in [3.8, 4) is 34.3 Å². The largest absolute Gasteiger partial charge is 0.494 e. The average molecular weight is 408 g/mol. The van der Waals surface area contributed by atoms with Gasteiger partial charge in [0, 0.05) is 16.7 Å². The van der Waals surface area contributed by atoms with E-state index in [4.69, 9.17) is 9.15 Å². The number of hydrogen-bond acceptors (Lipinski definition) is 4. The third-order valence-corrected chi connectivity index (χ3v) is 4.75. The fourth-order valence-electron chi connectivity index (χ4n) is 3.37. The Hall–Kier alpha value is -4.30. The summed E-state index contributed by atoms with van der Waals surface area (Å²) in [6, 6.07) is 28.1. The summed E-state index contributed by atoms with van der Waals surface area (Å²) in [4.78, 5) is 12.9. The second-order valence-electron chi connectivity index (χ2n) is 6.77. The number of rotatable bonds is 6. The van der Waals surface area contributed by atoms with Crippen LogP contribution >= 0.6 is 0 Å². The van der Waals surface area contributed by atoms with E-state index in [0.29, 0.717) is 29.2 Å². The van der Waals surface area contributed by atoms with E-state index in [9.17, 15) is 10.1 Å². The van der Waals surface area contributed by atoms with E-state index in [2.05, 4.69) is 11.4 Å². The van der Waals surface area contributed by atoms with Crippen molar-refractivity contribution in [3.63, 3.8) is 0 Å². The zero-order valence-electron chi connectivity index (χ0n) is 17.0. The Morgan fingerprint density at radius 2 is 1.65 bits per heavy atom. The van der Waals surface area contributed by atoms with Crippen molar-refractivity contribution in [2.75, 3.05) is 11.9 Å². The molecule has 0 fully saturated rings. The zero-order chi connectivity index (χ0) is 21.6. The minimum absolute atomic E-state index is 0.118. The lowest BCUT2D eigenvalue weighted by Gasteiger charge is -2.06. The summed E-state index contributed by atoms with van der Waals surface area (Å²) in [7, 11) is 0. The standard InChI is InChI=1S/C26H20N2O3/c1-2-30-21-15-9-14-20(16-21)25(29)28-26-22(17-27)23(18-10-5-3-6-11-18)24(31-26)19-12-7-4-8-13-19/h3-16H,2H2,1H3,(H,28,29). The Kier molecular flexibility index (Phi) is 5.82. The van der Waals surface area contributed by atoms with Crippen LogP contribution < -0.4 is 10.1 Å². The summed E-state index contributed by atoms with van der Waals surface area (Å²) in [5.74, 6) is 0.866. The lowest BCUT2D eigenvalue weighted by Crippen LogP contribution is -2.12. The lowest BCUT2D eigenvalue weighted by molar-refractivity contribution is 0.102. The van der Waals surface area contributed by atoms with Gasteiger partial charge in [0.25, 0.3) is 5.91 Å². The van der Waals surface area contributed by atoms with E-state index >= 15 is 0 Å². The molecular weight excluding hydrogens is 388 g/mol. The topological polar surface area (TPSA) is 75.3 Å². The molecule has 5 nitrogen and oxygen atoms in total. The molecule has 0 bridgehead atoms. The molecule has 4 rings (SSSR count). The maximum absolute atomic E-state index is 12.9. The molecule has 0 aliphatic heterocycles. The first kappa shape index (κ1) is 20.0. The Bertz CT molecular complexity index is 1240. The summed E-state index contributed by atoms with van der Waals surface area (Å²) in [6.07, 6.45) is 0. The number of nitriles is 1. The van der Waals surface area contributed by atoms with Gasteiger partial charge in [0.2, 0.25) is 5.88 Å². The first-order valence-electron chi connectivity index (χ1n) is 9.93. The molecular formula is C26H20N2O3. The van der Waals surface area contributed by atoms with Crippen molar-refractivity contribution in [2.24, 2.45) is 0 Å². The summed E-state index contributed by atoms with van der Waals surface area (Å²) < 4.78 is 11.5. The van der Waals surface area contributed by atoms with Gasteiger partial charge in [-0.25, -0.2) is 0 Å². The fourth-order valence-corrected chi connectivity index (χ4v) is 3.37. The summed E-state index contributed by atoms with van der Waals surface area (Å²) in [5.41, 5.74) is 2.98. The minimum Gasteiger partial charge on any atom is -0.494 e. The molecule has 1 amide bonds. The quantitative estimate of drug-likeness (QED) is 0.416. The maximum Gasteiger partial charge on any atom is 0.258 e. The number of furan rings is 1. The first-order chi connectivity index (χ1) is 15.2. The number of benzene rings is 3. The summed E-state index contributed by atoms with van der Waals surface area (Å²) in [6.45, 7) is 2.38. The molecule has 0 unspecified atom stereocenters. The molecule has 1 aromatic heterocycles. The molecule has 0 radical (unpaired) electrons. The van der Waals surface area contributed by atoms with Gasteiger partial charge in [-0.2, -0.15) is 5.26 Å². The number of amides is 1. The van der Waals surface area contributed by atoms with Crippen LogP contribution in [-0.4, -0.2) is 12.5 Å². The molecule has 5 heteroatoms. The van der Waals surface area contributed by atoms with Crippen molar-refractivity contribution >= 4 is 11.8 Å². The number of nitrogens with zero attached hydrogens (tertiary/aromatic N) is 1. The van der Waals surface area contributed by atoms with Gasteiger partial charge in [0.05, 0.1) is 6.61 Å². The Balaban J connectivity index is 1.78. The van der Waals surface area contributed by atoms with Gasteiger partial charge in [-0.1, -0.05) is 66.7 Å². The minimum atomic E-state index is -0.383. The van der Waals surface area contributed by atoms with Crippen LogP contribution in [0.4, 0.5) is 5.88 Å². The molecule has 0 spiro atoms. The van der Waals surface area contributed by atoms with Crippen molar-refractivity contribution in [3.05, 3.63) is 96.1 Å². The number of nitrogens with one attached hydrogen (secondary N) is 1. The number of ether oxygens (including phenoxy) is 1. The molecule has 1 heterocycles. The van der Waals surface area contributed by atoms with Crippen LogP contribution in [0.25, 0.3) is 22.5 Å². The molecule has 3 aromatic carbocycles. The Morgan fingerprint density at radius 1 is 0.968 bits per heavy atom. The van der Waals surface area contributed by atoms with Gasteiger partial charge in [0.1, 0.15) is 23.1 Å². The predicted molar refractivity (Wildman–Crippen MR) is 120 cm³/mol. The molecule has 0 aliphatic rings. The monoisotopic (exact) mass is 408 g/mol. The van der Waals surface area contributed by atoms with Gasteiger partial charge >= 0.3 is 0 Å². The van der Waals surface area contributed by atoms with Crippen LogP contribution in [0, 0.1) is 11.3 Å². The highest BCUT2D eigenvalue weighted by molar-refractivity contribution is 6.05. The van der Waals surface area contributed by atoms with Crippen LogP contribution in [0.2, 0.25) is 0 Å². The van der Waals surface area contributed by atoms with Crippen LogP contribution in [0.3, 0.4) is 0 Å². The molecule has 0 aliphatic carbocycles. The van der Waals surface area contributed by atoms with Crippen LogP contribution in [-0.2, 0) is 0 Å². The SMILES string of the molecule is CCOc1cccc(C(=O)Nc2oc(-c3ccccc3)c(-c3ccccc3)c2C#N)c1. The number of carbonyl (C=O) groups excluding carboxylic acids is 1. The molecule has 0 atom stereocenters. The van der Waals surface area contributed by atoms with Crippen LogP contribution in [0.5, 0.6) is 5.75 Å². The molecule has 1 N–H and O–H groups in total. The first-order valence-corrected chi connectivity index (χ1v) is 9.93. The Morgan fingerprint density at radius 3 is 2.29 bits per heavy atom. The highest BCUT2D eigenvalue weighted by atomic mass is 16.5. The third kappa shape index (κ3) is 4.19. The highest BCUT2D eigenvalue weighted by Crippen LogP contribution is 2.41. The molecule has 0 saturated carbocycles. The second kappa shape index (κ2) is 9.02. The van der Waals surface area contributed by atoms with E-state index in [1.807, 2.05) is 67.6 Å². The predicted octanol–water partition coefficient (Wildman–Crippen LogP) is 6.14. The van der Waals surface area contributed by atoms with Crippen LogP contribution in [0.1, 0.15) is 22.8 Å². The number of hydrogen-bond donors (Lipinski definition) is 1. The van der Waals surface area contributed by atoms with Gasteiger partial charge in [-0.3, -0.25) is 10.1 Å². The summed E-state index contributed by atoms with van der Waals surface area (Å²) in [5, 5.41) is 12.7. The maximum atomic E-state index is 12.9. The number of carbonyl (C=O) groups is 1. The smallest absolute Gasteiger partial charge is 0.258 e. The zero-order valence-corrected chi connectivity index (χ0v) is 17.0. The van der Waals surface area contributed by atoms with E-state index in [1.54, 1.807) is 24.3 Å². The molecule has 31 heavy (non-hydrogen) atoms. The Labute approximate surface area is 180 Å². The second-order valence-corrected chi connectivity index (χ2v) is 6.77. The number of anilines is 1. The lowest BCUT2D eigenvalue weighted by atomic mass is 9.98. The van der Waals surface area contributed by atoms with Gasteiger partial charge in [0.15, 0.2) is 0 Å². The molecule has 4 aromatic rings. The van der Waals surface area contributed by atoms with Gasteiger partial charge in [-0.05, 0) is 30.7 Å². The van der Waals surface area contributed by atoms with Crippen LogP contribution in [0.15, 0.2) is 89.3 Å². The van der Waals surface area contributed by atoms with E-state index in [0.717, 1.165) is 11.1 Å². The normalized spacial score (nSPS) is 10.3. The molecule has 0 saturated heterocycles. The fraction of sp³-hybridized carbons (Fsp3) is 0.0769. The van der Waals surface area contributed by atoms with Crippen molar-refractivity contribution in [1.82, 2.24) is 0 Å². The van der Waals surface area contributed by atoms with E-state index < -0.39 is 0 Å². The van der Waals surface area contributed by atoms with Crippen molar-refractivity contribution in [1.29, 1.82) is 5.26 Å². The average Bonchev–Trinajstić information content (AvgIpc) is 3.18. The van der Waals surface area contributed by atoms with Crippen molar-refractivity contribution in [2.45, 2.75) is 6.92 Å². The molecule has 152 valence electrons. The highest BCUT2D eigenvalue weighted by Gasteiger charge is 2.24. The van der Waals surface area contributed by atoms with E-state index in [1.165, 1.54) is 0 Å². The van der Waals surface area contributed by atoms with Gasteiger partial charge < -0.3 is 9.15 Å². The van der Waals surface area contributed by atoms with Gasteiger partial charge in [-0.15, -0.1) is 0 Å². The third-order valence-electron chi connectivity index (χ3n) is 4.75. The van der Waals surface area contributed by atoms with E-state index in [-0.39, 0.29) is 17.4 Å².